The number of nitrogens with zero attached hydrogens (tertiary/aromatic N) is 3. The molecule has 0 radical (unpaired) electrons. The number of aliphatic imine (C=N–C) groups is 1. The van der Waals surface area contributed by atoms with Gasteiger partial charge in [0.2, 0.25) is 11.7 Å². The van der Waals surface area contributed by atoms with Crippen molar-refractivity contribution in [2.45, 2.75) is 26.7 Å². The number of aromatic nitrogens is 2. The summed E-state index contributed by atoms with van der Waals surface area (Å²) in [4.78, 5) is 35.1. The first-order valence-corrected chi connectivity index (χ1v) is 10.7. The highest BCUT2D eigenvalue weighted by molar-refractivity contribution is 6.21. The lowest BCUT2D eigenvalue weighted by molar-refractivity contribution is -0.152. The summed E-state index contributed by atoms with van der Waals surface area (Å²) in [5.41, 5.74) is 0.423. The molecule has 0 aliphatic carbocycles. The molecule has 0 spiro atoms. The second kappa shape index (κ2) is 9.12. The van der Waals surface area contributed by atoms with Gasteiger partial charge in [0, 0.05) is 23.8 Å². The Bertz CT molecular complexity index is 1070. The van der Waals surface area contributed by atoms with Gasteiger partial charge in [-0.1, -0.05) is 29.4 Å². The van der Waals surface area contributed by atoms with E-state index in [2.05, 4.69) is 20.4 Å². The second-order valence-corrected chi connectivity index (χ2v) is 7.92. The number of benzene rings is 1. The predicted molar refractivity (Wildman–Crippen MR) is 115 cm³/mol. The largest absolute Gasteiger partial charge is 0.465 e. The average molecular weight is 440 g/mol. The molecule has 1 aromatic carbocycles. The molecule has 4 rings (SSSR count). The fourth-order valence-corrected chi connectivity index (χ4v) is 4.29. The van der Waals surface area contributed by atoms with E-state index in [-0.39, 0.29) is 18.9 Å². The Kier molecular flexibility index (Phi) is 6.27. The van der Waals surface area contributed by atoms with Crippen LogP contribution in [0.25, 0.3) is 11.4 Å². The lowest BCUT2D eigenvalue weighted by Crippen LogP contribution is -2.52. The number of halogens is 1. The number of hydrogen-bond donors (Lipinski definition) is 1. The number of aryl methyl sites for hydroxylation is 1. The van der Waals surface area contributed by atoms with Crippen LogP contribution in [0.15, 0.2) is 45.7 Å². The van der Waals surface area contributed by atoms with Crippen molar-refractivity contribution in [2.24, 2.45) is 16.3 Å². The third kappa shape index (κ3) is 4.12. The molecular formula is C23H25FN4O4. The first-order chi connectivity index (χ1) is 15.4. The van der Waals surface area contributed by atoms with Crippen LogP contribution in [0.5, 0.6) is 0 Å². The number of hydrogen-bond acceptors (Lipinski definition) is 8. The third-order valence-corrected chi connectivity index (χ3v) is 5.89. The van der Waals surface area contributed by atoms with Crippen LogP contribution in [0.2, 0.25) is 0 Å². The zero-order chi connectivity index (χ0) is 22.7. The summed E-state index contributed by atoms with van der Waals surface area (Å²) < 4.78 is 24.6. The van der Waals surface area contributed by atoms with Crippen LogP contribution in [-0.4, -0.2) is 53.8 Å². The number of allylic oxidation sites excluding steroid dienone is 1. The number of Topliss-reactive ketones (excluding diaryl/α,β-unsaturated/α-hetero) is 1. The van der Waals surface area contributed by atoms with Crippen molar-refractivity contribution in [1.82, 2.24) is 15.5 Å². The maximum absolute atomic E-state index is 14.3. The molecule has 1 fully saturated rings. The molecule has 1 aromatic heterocycles. The van der Waals surface area contributed by atoms with E-state index in [0.29, 0.717) is 54.5 Å². The number of rotatable bonds is 6. The van der Waals surface area contributed by atoms with Crippen LogP contribution < -0.4 is 5.32 Å². The number of carbonyl (C=O) groups is 2. The van der Waals surface area contributed by atoms with Gasteiger partial charge in [0.1, 0.15) is 11.2 Å². The van der Waals surface area contributed by atoms with Crippen LogP contribution in [0.3, 0.4) is 0 Å². The van der Waals surface area contributed by atoms with E-state index in [9.17, 15) is 14.0 Å². The average Bonchev–Trinajstić information content (AvgIpc) is 3.25. The summed E-state index contributed by atoms with van der Waals surface area (Å²) in [5.74, 6) is -1.32. The molecule has 2 aliphatic rings. The minimum atomic E-state index is -1.04. The summed E-state index contributed by atoms with van der Waals surface area (Å²) >= 11 is 0. The number of carbonyl (C=O) groups excluding carboxylic acids is 2. The minimum absolute atomic E-state index is 0.177. The molecule has 0 saturated carbocycles. The lowest BCUT2D eigenvalue weighted by Gasteiger charge is -2.39. The van der Waals surface area contributed by atoms with Gasteiger partial charge in [-0.3, -0.25) is 14.6 Å². The predicted octanol–water partition coefficient (Wildman–Crippen LogP) is 3.08. The Morgan fingerprint density at radius 1 is 1.25 bits per heavy atom. The van der Waals surface area contributed by atoms with Gasteiger partial charge in [-0.05, 0) is 38.9 Å². The van der Waals surface area contributed by atoms with Gasteiger partial charge in [-0.15, -0.1) is 0 Å². The topological polar surface area (TPSA) is 107 Å². The number of ketones is 1. The highest BCUT2D eigenvalue weighted by atomic mass is 19.1. The Morgan fingerprint density at radius 3 is 2.59 bits per heavy atom. The van der Waals surface area contributed by atoms with Crippen molar-refractivity contribution in [2.75, 3.05) is 26.2 Å². The summed E-state index contributed by atoms with van der Waals surface area (Å²) in [6.45, 7) is 4.65. The van der Waals surface area contributed by atoms with Gasteiger partial charge in [-0.2, -0.15) is 4.98 Å². The van der Waals surface area contributed by atoms with E-state index >= 15 is 0 Å². The fourth-order valence-electron chi connectivity index (χ4n) is 4.29. The van der Waals surface area contributed by atoms with Crippen LogP contribution in [0.1, 0.15) is 36.0 Å². The zero-order valence-electron chi connectivity index (χ0n) is 18.1. The number of piperidine rings is 1. The maximum atomic E-state index is 14.3. The molecule has 3 heterocycles. The molecule has 8 nitrogen and oxygen atoms in total. The Balaban J connectivity index is 1.66. The van der Waals surface area contributed by atoms with Crippen molar-refractivity contribution in [3.05, 3.63) is 47.6 Å². The smallest absolute Gasteiger partial charge is 0.317 e. The van der Waals surface area contributed by atoms with Crippen molar-refractivity contribution in [3.63, 3.8) is 0 Å². The lowest BCUT2D eigenvalue weighted by atomic mass is 9.68. The molecule has 32 heavy (non-hydrogen) atoms. The minimum Gasteiger partial charge on any atom is -0.465 e. The zero-order valence-corrected chi connectivity index (χ0v) is 18.1. The SMILES string of the molecule is CCOC(=O)C1(C2=NCC(F)=CC2C(=O)c2ccc(-c3noc(C)n3)cc2)CCNCC1. The monoisotopic (exact) mass is 440 g/mol. The summed E-state index contributed by atoms with van der Waals surface area (Å²) in [7, 11) is 0. The van der Waals surface area contributed by atoms with E-state index in [1.807, 2.05) is 0 Å². The normalized spacial score (nSPS) is 20.3. The second-order valence-electron chi connectivity index (χ2n) is 7.92. The summed E-state index contributed by atoms with van der Waals surface area (Å²) in [6, 6.07) is 6.70. The van der Waals surface area contributed by atoms with Crippen molar-refractivity contribution in [1.29, 1.82) is 0 Å². The van der Waals surface area contributed by atoms with Crippen LogP contribution in [0, 0.1) is 18.3 Å². The highest BCUT2D eigenvalue weighted by Gasteiger charge is 2.50. The quantitative estimate of drug-likeness (QED) is 0.543. The third-order valence-electron chi connectivity index (χ3n) is 5.89. The van der Waals surface area contributed by atoms with Crippen molar-refractivity contribution in [3.8, 4) is 11.4 Å². The van der Waals surface area contributed by atoms with Gasteiger partial charge >= 0.3 is 5.97 Å². The molecule has 1 unspecified atom stereocenters. The number of dihydropyridines is 1. The van der Waals surface area contributed by atoms with Crippen LogP contribution in [0.4, 0.5) is 4.39 Å². The molecular weight excluding hydrogens is 415 g/mol. The van der Waals surface area contributed by atoms with E-state index in [4.69, 9.17) is 9.26 Å². The maximum Gasteiger partial charge on any atom is 0.317 e. The Labute approximate surface area is 184 Å². The molecule has 168 valence electrons. The number of esters is 1. The molecule has 1 saturated heterocycles. The molecule has 9 heteroatoms. The first kappa shape index (κ1) is 22.0. The van der Waals surface area contributed by atoms with Crippen LogP contribution >= 0.6 is 0 Å². The molecule has 1 atom stereocenters. The number of ether oxygens (including phenoxy) is 1. The van der Waals surface area contributed by atoms with Gasteiger partial charge in [0.05, 0.1) is 19.1 Å². The first-order valence-electron chi connectivity index (χ1n) is 10.7. The van der Waals surface area contributed by atoms with Gasteiger partial charge in [-0.25, -0.2) is 4.39 Å². The van der Waals surface area contributed by atoms with Gasteiger partial charge in [0.25, 0.3) is 0 Å². The number of nitrogens with one attached hydrogen (secondary N) is 1. The van der Waals surface area contributed by atoms with E-state index in [1.54, 1.807) is 38.1 Å². The van der Waals surface area contributed by atoms with Gasteiger partial charge < -0.3 is 14.6 Å². The van der Waals surface area contributed by atoms with Crippen LogP contribution in [-0.2, 0) is 9.53 Å². The van der Waals surface area contributed by atoms with Gasteiger partial charge in [0.15, 0.2) is 5.78 Å². The Hall–Kier alpha value is -3.20. The van der Waals surface area contributed by atoms with Crippen molar-refractivity contribution < 1.29 is 23.2 Å². The van der Waals surface area contributed by atoms with E-state index in [0.717, 1.165) is 0 Å². The highest BCUT2D eigenvalue weighted by Crippen LogP contribution is 2.38. The van der Waals surface area contributed by atoms with E-state index in [1.165, 1.54) is 6.08 Å². The standard InChI is InChI=1S/C23H25FN4O4/c1-3-31-22(30)23(8-10-25-11-9-23)20-18(12-17(24)13-26-20)19(29)15-4-6-16(7-5-15)21-27-14(2)32-28-21/h4-7,12,18,25H,3,8-11,13H2,1-2H3. The van der Waals surface area contributed by atoms with E-state index < -0.39 is 23.1 Å². The fraction of sp³-hybridized carbons (Fsp3) is 0.435. The molecule has 0 amide bonds. The molecule has 0 bridgehead atoms. The summed E-state index contributed by atoms with van der Waals surface area (Å²) in [5, 5.41) is 7.10. The molecule has 2 aromatic rings. The molecule has 1 N–H and O–H groups in total. The van der Waals surface area contributed by atoms with Crippen molar-refractivity contribution >= 4 is 17.5 Å². The summed E-state index contributed by atoms with van der Waals surface area (Å²) in [6.07, 6.45) is 2.17. The molecule has 2 aliphatic heterocycles. The Morgan fingerprint density at radius 2 is 1.97 bits per heavy atom.